The van der Waals surface area contributed by atoms with Gasteiger partial charge in [0.25, 0.3) is 0 Å². The highest BCUT2D eigenvalue weighted by Crippen LogP contribution is 2.34. The molecule has 1 aliphatic carbocycles. The summed E-state index contributed by atoms with van der Waals surface area (Å²) in [7, 11) is 0. The Kier molecular flexibility index (Phi) is 3.66. The summed E-state index contributed by atoms with van der Waals surface area (Å²) >= 11 is 0. The largest absolute Gasteiger partial charge is 0.493 e. The van der Waals surface area contributed by atoms with Crippen molar-refractivity contribution in [2.75, 3.05) is 6.61 Å². The predicted molar refractivity (Wildman–Crippen MR) is 97.6 cm³/mol. The number of benzene rings is 3. The van der Waals surface area contributed by atoms with Crippen molar-refractivity contribution in [1.29, 1.82) is 0 Å². The summed E-state index contributed by atoms with van der Waals surface area (Å²) in [4.78, 5) is 12.7. The first kappa shape index (κ1) is 14.7. The highest BCUT2D eigenvalue weighted by atomic mass is 16.5. The molecule has 0 fully saturated rings. The van der Waals surface area contributed by atoms with Crippen molar-refractivity contribution in [3.05, 3.63) is 82.9 Å². The Bertz CT molecular complexity index is 967. The van der Waals surface area contributed by atoms with E-state index in [0.29, 0.717) is 13.0 Å². The summed E-state index contributed by atoms with van der Waals surface area (Å²) in [6.07, 6.45) is 2.69. The van der Waals surface area contributed by atoms with E-state index in [1.807, 2.05) is 55.5 Å². The van der Waals surface area contributed by atoms with Crippen LogP contribution in [0.3, 0.4) is 0 Å². The Balaban J connectivity index is 1.88. The van der Waals surface area contributed by atoms with Gasteiger partial charge in [-0.15, -0.1) is 0 Å². The standard InChI is InChI=1S/C22H18O2/c1-2-24-21-12-11-15-7-3-5-9-18(15)20(21)14-17-13-16-8-4-6-10-19(16)22(17)23/h3-12,14H,2,13H2,1H3/b17-14+. The molecule has 0 unspecified atom stereocenters. The van der Waals surface area contributed by atoms with E-state index in [4.69, 9.17) is 4.74 Å². The van der Waals surface area contributed by atoms with Crippen LogP contribution in [0.15, 0.2) is 66.2 Å². The van der Waals surface area contributed by atoms with Gasteiger partial charge in [-0.25, -0.2) is 0 Å². The Morgan fingerprint density at radius 3 is 2.62 bits per heavy atom. The molecule has 0 spiro atoms. The molecule has 0 bridgehead atoms. The van der Waals surface area contributed by atoms with E-state index in [1.165, 1.54) is 0 Å². The summed E-state index contributed by atoms with van der Waals surface area (Å²) in [5.74, 6) is 0.952. The Morgan fingerprint density at radius 2 is 1.79 bits per heavy atom. The second-order valence-corrected chi connectivity index (χ2v) is 5.96. The average molecular weight is 314 g/mol. The van der Waals surface area contributed by atoms with E-state index < -0.39 is 0 Å². The fraction of sp³-hybridized carbons (Fsp3) is 0.136. The molecular formula is C22H18O2. The third-order valence-corrected chi connectivity index (χ3v) is 4.48. The van der Waals surface area contributed by atoms with Crippen molar-refractivity contribution in [1.82, 2.24) is 0 Å². The van der Waals surface area contributed by atoms with Crippen LogP contribution in [-0.2, 0) is 6.42 Å². The van der Waals surface area contributed by atoms with Crippen LogP contribution in [0.2, 0.25) is 0 Å². The molecule has 0 heterocycles. The zero-order chi connectivity index (χ0) is 16.5. The van der Waals surface area contributed by atoms with Crippen LogP contribution in [0, 0.1) is 0 Å². The number of rotatable bonds is 3. The third kappa shape index (κ3) is 2.41. The molecule has 3 aromatic carbocycles. The maximum Gasteiger partial charge on any atom is 0.189 e. The summed E-state index contributed by atoms with van der Waals surface area (Å²) in [6.45, 7) is 2.57. The maximum atomic E-state index is 12.7. The number of hydrogen-bond acceptors (Lipinski definition) is 2. The second-order valence-electron chi connectivity index (χ2n) is 5.96. The van der Waals surface area contributed by atoms with Crippen molar-refractivity contribution in [2.24, 2.45) is 0 Å². The van der Waals surface area contributed by atoms with Gasteiger partial charge < -0.3 is 4.74 Å². The molecule has 0 atom stereocenters. The molecule has 0 amide bonds. The van der Waals surface area contributed by atoms with E-state index in [2.05, 4.69) is 18.2 Å². The van der Waals surface area contributed by atoms with Crippen LogP contribution in [0.5, 0.6) is 5.75 Å². The Labute approximate surface area is 141 Å². The molecule has 0 N–H and O–H groups in total. The van der Waals surface area contributed by atoms with Crippen LogP contribution >= 0.6 is 0 Å². The number of Topliss-reactive ketones (excluding diaryl/α,β-unsaturated/α-hetero) is 1. The van der Waals surface area contributed by atoms with Crippen molar-refractivity contribution in [2.45, 2.75) is 13.3 Å². The SMILES string of the molecule is CCOc1ccc2ccccc2c1/C=C1\Cc2ccccc2C1=O. The number of fused-ring (bicyclic) bond motifs is 2. The minimum absolute atomic E-state index is 0.126. The van der Waals surface area contributed by atoms with Crippen molar-refractivity contribution in [3.63, 3.8) is 0 Å². The van der Waals surface area contributed by atoms with Crippen LogP contribution in [0.4, 0.5) is 0 Å². The van der Waals surface area contributed by atoms with Gasteiger partial charge in [0.1, 0.15) is 5.75 Å². The minimum Gasteiger partial charge on any atom is -0.493 e. The van der Waals surface area contributed by atoms with E-state index in [-0.39, 0.29) is 5.78 Å². The Hall–Kier alpha value is -2.87. The zero-order valence-electron chi connectivity index (χ0n) is 13.6. The third-order valence-electron chi connectivity index (χ3n) is 4.48. The van der Waals surface area contributed by atoms with Crippen LogP contribution < -0.4 is 4.74 Å². The molecule has 24 heavy (non-hydrogen) atoms. The molecule has 3 aromatic rings. The molecule has 0 aliphatic heterocycles. The molecule has 4 rings (SSSR count). The second kappa shape index (κ2) is 5.97. The van der Waals surface area contributed by atoms with Crippen molar-refractivity contribution in [3.8, 4) is 5.75 Å². The molecule has 1 aliphatic rings. The lowest BCUT2D eigenvalue weighted by atomic mass is 10.00. The molecule has 0 saturated heterocycles. The minimum atomic E-state index is 0.126. The number of hydrogen-bond donors (Lipinski definition) is 0. The van der Waals surface area contributed by atoms with Gasteiger partial charge in [-0.2, -0.15) is 0 Å². The van der Waals surface area contributed by atoms with Crippen LogP contribution in [-0.4, -0.2) is 12.4 Å². The summed E-state index contributed by atoms with van der Waals surface area (Å²) < 4.78 is 5.81. The predicted octanol–water partition coefficient (Wildman–Crippen LogP) is 5.06. The number of carbonyl (C=O) groups excluding carboxylic acids is 1. The van der Waals surface area contributed by atoms with E-state index >= 15 is 0 Å². The highest BCUT2D eigenvalue weighted by molar-refractivity contribution is 6.16. The highest BCUT2D eigenvalue weighted by Gasteiger charge is 2.24. The fourth-order valence-electron chi connectivity index (χ4n) is 3.35. The van der Waals surface area contributed by atoms with Gasteiger partial charge in [-0.1, -0.05) is 54.6 Å². The smallest absolute Gasteiger partial charge is 0.189 e. The summed E-state index contributed by atoms with van der Waals surface area (Å²) in [6, 6.07) is 20.1. The topological polar surface area (TPSA) is 26.3 Å². The number of ether oxygens (including phenoxy) is 1. The van der Waals surface area contributed by atoms with Crippen LogP contribution in [0.25, 0.3) is 16.8 Å². The van der Waals surface area contributed by atoms with Crippen molar-refractivity contribution < 1.29 is 9.53 Å². The van der Waals surface area contributed by atoms with Crippen molar-refractivity contribution >= 4 is 22.6 Å². The zero-order valence-corrected chi connectivity index (χ0v) is 13.6. The van der Waals surface area contributed by atoms with E-state index in [0.717, 1.165) is 38.8 Å². The number of allylic oxidation sites excluding steroid dienone is 1. The monoisotopic (exact) mass is 314 g/mol. The van der Waals surface area contributed by atoms with Gasteiger partial charge in [0.15, 0.2) is 5.78 Å². The van der Waals surface area contributed by atoms with Crippen LogP contribution in [0.1, 0.15) is 28.4 Å². The molecule has 118 valence electrons. The lowest BCUT2D eigenvalue weighted by Crippen LogP contribution is -1.98. The average Bonchev–Trinajstić information content (AvgIpc) is 2.93. The van der Waals surface area contributed by atoms with Gasteiger partial charge in [-0.3, -0.25) is 4.79 Å². The lowest BCUT2D eigenvalue weighted by Gasteiger charge is -2.11. The molecule has 2 heteroatoms. The molecule has 0 saturated carbocycles. The maximum absolute atomic E-state index is 12.7. The summed E-state index contributed by atoms with van der Waals surface area (Å²) in [5.41, 5.74) is 3.74. The first-order chi connectivity index (χ1) is 11.8. The van der Waals surface area contributed by atoms with Gasteiger partial charge in [0.05, 0.1) is 6.61 Å². The number of carbonyl (C=O) groups is 1. The van der Waals surface area contributed by atoms with E-state index in [1.54, 1.807) is 0 Å². The summed E-state index contributed by atoms with van der Waals surface area (Å²) in [5, 5.41) is 2.26. The molecule has 0 aromatic heterocycles. The first-order valence-corrected chi connectivity index (χ1v) is 8.25. The molecule has 0 radical (unpaired) electrons. The quantitative estimate of drug-likeness (QED) is 0.632. The van der Waals surface area contributed by atoms with E-state index in [9.17, 15) is 4.79 Å². The normalized spacial score (nSPS) is 15.0. The van der Waals surface area contributed by atoms with Gasteiger partial charge in [-0.05, 0) is 35.4 Å². The van der Waals surface area contributed by atoms with Gasteiger partial charge in [0, 0.05) is 23.1 Å². The van der Waals surface area contributed by atoms with Gasteiger partial charge in [0.2, 0.25) is 0 Å². The Morgan fingerprint density at radius 1 is 1.00 bits per heavy atom. The molecule has 2 nitrogen and oxygen atoms in total. The molecular weight excluding hydrogens is 296 g/mol. The first-order valence-electron chi connectivity index (χ1n) is 8.25. The van der Waals surface area contributed by atoms with Gasteiger partial charge >= 0.3 is 0 Å². The number of ketones is 1. The fourth-order valence-corrected chi connectivity index (χ4v) is 3.35. The lowest BCUT2D eigenvalue weighted by molar-refractivity contribution is 0.104.